The van der Waals surface area contributed by atoms with Gasteiger partial charge in [0.25, 0.3) is 0 Å². The summed E-state index contributed by atoms with van der Waals surface area (Å²) in [6.45, 7) is 1.80. The average Bonchev–Trinajstić information content (AvgIpc) is 2.06. The quantitative estimate of drug-likeness (QED) is 0.780. The van der Waals surface area contributed by atoms with Crippen LogP contribution in [0, 0.1) is 0 Å². The van der Waals surface area contributed by atoms with Gasteiger partial charge in [-0.05, 0) is 13.0 Å². The van der Waals surface area contributed by atoms with Gasteiger partial charge in [-0.1, -0.05) is 30.4 Å². The number of rotatable bonds is 3. The second kappa shape index (κ2) is 4.26. The van der Waals surface area contributed by atoms with Crippen LogP contribution in [0.3, 0.4) is 0 Å². The first kappa shape index (κ1) is 10.7. The zero-order chi connectivity index (χ0) is 10.6. The predicted molar refractivity (Wildman–Crippen MR) is 53.3 cm³/mol. The van der Waals surface area contributed by atoms with E-state index >= 15 is 0 Å². The minimum Gasteiger partial charge on any atom is -0.361 e. The molecule has 0 aliphatic rings. The average molecular weight is 214 g/mol. The lowest BCUT2D eigenvalue weighted by Gasteiger charge is -2.04. The van der Waals surface area contributed by atoms with Crippen LogP contribution in [0.2, 0.25) is 0 Å². The Bertz CT molecular complexity index is 434. The van der Waals surface area contributed by atoms with E-state index in [4.69, 9.17) is 4.55 Å². The van der Waals surface area contributed by atoms with E-state index in [0.717, 1.165) is 0 Å². The zero-order valence-corrected chi connectivity index (χ0v) is 8.36. The molecule has 0 saturated heterocycles. The standard InChI is InChI=1S/C9H10O4S/c1-2-5-8-6-3-4-7-9(8)13-14(10,11)12/h2-7H,1H3,(H,10,11,12)/b5-2-. The fourth-order valence-corrected chi connectivity index (χ4v) is 1.37. The third-order valence-electron chi connectivity index (χ3n) is 1.46. The SMILES string of the molecule is C/C=C\c1ccccc1OS(=O)(=O)O. The summed E-state index contributed by atoms with van der Waals surface area (Å²) in [5.41, 5.74) is 0.590. The lowest BCUT2D eigenvalue weighted by atomic mass is 10.2. The van der Waals surface area contributed by atoms with Crippen molar-refractivity contribution in [1.29, 1.82) is 0 Å². The van der Waals surface area contributed by atoms with E-state index in [2.05, 4.69) is 4.18 Å². The normalized spacial score (nSPS) is 11.9. The maximum Gasteiger partial charge on any atom is 0.446 e. The van der Waals surface area contributed by atoms with E-state index in [-0.39, 0.29) is 5.75 Å². The largest absolute Gasteiger partial charge is 0.446 e. The molecule has 1 aromatic carbocycles. The molecule has 0 aliphatic carbocycles. The Morgan fingerprint density at radius 3 is 2.57 bits per heavy atom. The number of benzene rings is 1. The molecule has 0 saturated carbocycles. The first-order valence-corrected chi connectivity index (χ1v) is 5.28. The van der Waals surface area contributed by atoms with Crippen LogP contribution in [0.4, 0.5) is 0 Å². The lowest BCUT2D eigenvalue weighted by molar-refractivity contribution is 0.386. The second-order valence-corrected chi connectivity index (χ2v) is 3.57. The van der Waals surface area contributed by atoms with Crippen molar-refractivity contribution in [3.63, 3.8) is 0 Å². The summed E-state index contributed by atoms with van der Waals surface area (Å²) in [6, 6.07) is 6.50. The van der Waals surface area contributed by atoms with Crippen molar-refractivity contribution in [2.24, 2.45) is 0 Å². The molecule has 0 aromatic heterocycles. The fraction of sp³-hybridized carbons (Fsp3) is 0.111. The van der Waals surface area contributed by atoms with Crippen molar-refractivity contribution in [2.45, 2.75) is 6.92 Å². The number of allylic oxidation sites excluding steroid dienone is 1. The smallest absolute Gasteiger partial charge is 0.361 e. The molecule has 4 nitrogen and oxygen atoms in total. The Balaban J connectivity index is 3.08. The summed E-state index contributed by atoms with van der Waals surface area (Å²) in [5, 5.41) is 0. The van der Waals surface area contributed by atoms with Crippen LogP contribution in [0.25, 0.3) is 6.08 Å². The van der Waals surface area contributed by atoms with Gasteiger partial charge in [0.1, 0.15) is 0 Å². The highest BCUT2D eigenvalue weighted by molar-refractivity contribution is 7.81. The molecule has 0 spiro atoms. The van der Waals surface area contributed by atoms with Gasteiger partial charge in [0, 0.05) is 5.56 Å². The van der Waals surface area contributed by atoms with Crippen LogP contribution in [0.15, 0.2) is 30.3 Å². The van der Waals surface area contributed by atoms with E-state index in [1.807, 2.05) is 0 Å². The minimum absolute atomic E-state index is 0.105. The van der Waals surface area contributed by atoms with Crippen molar-refractivity contribution < 1.29 is 17.2 Å². The van der Waals surface area contributed by atoms with Gasteiger partial charge in [-0.3, -0.25) is 4.55 Å². The molecular formula is C9H10O4S. The van der Waals surface area contributed by atoms with Gasteiger partial charge in [-0.25, -0.2) is 0 Å². The van der Waals surface area contributed by atoms with E-state index in [1.54, 1.807) is 37.3 Å². The van der Waals surface area contributed by atoms with Gasteiger partial charge >= 0.3 is 10.4 Å². The minimum atomic E-state index is -4.45. The first-order valence-electron chi connectivity index (χ1n) is 3.91. The molecular weight excluding hydrogens is 204 g/mol. The van der Waals surface area contributed by atoms with Crippen molar-refractivity contribution >= 4 is 16.5 Å². The molecule has 76 valence electrons. The molecule has 0 aliphatic heterocycles. The summed E-state index contributed by atoms with van der Waals surface area (Å²) in [6.07, 6.45) is 3.42. The highest BCUT2D eigenvalue weighted by Gasteiger charge is 2.08. The molecule has 0 bridgehead atoms. The number of para-hydroxylation sites is 1. The predicted octanol–water partition coefficient (Wildman–Crippen LogP) is 1.90. The maximum atomic E-state index is 10.5. The highest BCUT2D eigenvalue weighted by atomic mass is 32.3. The van der Waals surface area contributed by atoms with Gasteiger partial charge < -0.3 is 4.18 Å². The Morgan fingerprint density at radius 1 is 1.36 bits per heavy atom. The molecule has 5 heteroatoms. The number of hydrogen-bond donors (Lipinski definition) is 1. The molecule has 0 atom stereocenters. The summed E-state index contributed by atoms with van der Waals surface area (Å²) in [4.78, 5) is 0. The van der Waals surface area contributed by atoms with Crippen LogP contribution in [-0.2, 0) is 10.4 Å². The molecule has 0 fully saturated rings. The Morgan fingerprint density at radius 2 is 2.00 bits per heavy atom. The summed E-state index contributed by atoms with van der Waals surface area (Å²) < 4.78 is 33.8. The monoisotopic (exact) mass is 214 g/mol. The van der Waals surface area contributed by atoms with Crippen molar-refractivity contribution in [2.75, 3.05) is 0 Å². The summed E-state index contributed by atoms with van der Waals surface area (Å²) in [5.74, 6) is 0.105. The zero-order valence-electron chi connectivity index (χ0n) is 7.54. The molecule has 0 radical (unpaired) electrons. The van der Waals surface area contributed by atoms with Crippen LogP contribution in [0.5, 0.6) is 5.75 Å². The lowest BCUT2D eigenvalue weighted by Crippen LogP contribution is -2.07. The van der Waals surface area contributed by atoms with Crippen LogP contribution in [-0.4, -0.2) is 13.0 Å². The van der Waals surface area contributed by atoms with Gasteiger partial charge in [-0.2, -0.15) is 8.42 Å². The molecule has 0 unspecified atom stereocenters. The van der Waals surface area contributed by atoms with Crippen molar-refractivity contribution in [1.82, 2.24) is 0 Å². The molecule has 1 rings (SSSR count). The summed E-state index contributed by atoms with van der Waals surface area (Å²) in [7, 11) is -4.45. The molecule has 0 heterocycles. The third kappa shape index (κ3) is 3.20. The van der Waals surface area contributed by atoms with Crippen molar-refractivity contribution in [3.05, 3.63) is 35.9 Å². The number of hydrogen-bond acceptors (Lipinski definition) is 3. The van der Waals surface area contributed by atoms with Crippen LogP contribution >= 0.6 is 0 Å². The van der Waals surface area contributed by atoms with Gasteiger partial charge in [0.2, 0.25) is 0 Å². The maximum absolute atomic E-state index is 10.5. The van der Waals surface area contributed by atoms with Crippen LogP contribution < -0.4 is 4.18 Å². The van der Waals surface area contributed by atoms with Gasteiger partial charge in [0.15, 0.2) is 5.75 Å². The Labute approximate surface area is 82.8 Å². The summed E-state index contributed by atoms with van der Waals surface area (Å²) >= 11 is 0. The van der Waals surface area contributed by atoms with E-state index < -0.39 is 10.4 Å². The Hall–Kier alpha value is -1.33. The van der Waals surface area contributed by atoms with Crippen LogP contribution in [0.1, 0.15) is 12.5 Å². The first-order chi connectivity index (χ1) is 6.53. The van der Waals surface area contributed by atoms with Gasteiger partial charge in [0.05, 0.1) is 0 Å². The van der Waals surface area contributed by atoms with E-state index in [9.17, 15) is 8.42 Å². The highest BCUT2D eigenvalue weighted by Crippen LogP contribution is 2.20. The molecule has 1 aromatic rings. The molecule has 0 amide bonds. The molecule has 1 N–H and O–H groups in total. The Kier molecular flexibility index (Phi) is 3.27. The van der Waals surface area contributed by atoms with E-state index in [0.29, 0.717) is 5.56 Å². The second-order valence-electron chi connectivity index (χ2n) is 2.55. The van der Waals surface area contributed by atoms with Crippen molar-refractivity contribution in [3.8, 4) is 5.75 Å². The molecule has 14 heavy (non-hydrogen) atoms. The topological polar surface area (TPSA) is 63.6 Å². The van der Waals surface area contributed by atoms with Gasteiger partial charge in [-0.15, -0.1) is 0 Å². The third-order valence-corrected chi connectivity index (χ3v) is 1.85. The van der Waals surface area contributed by atoms with E-state index in [1.165, 1.54) is 6.07 Å². The fourth-order valence-electron chi connectivity index (χ4n) is 0.987.